The van der Waals surface area contributed by atoms with E-state index in [0.29, 0.717) is 11.7 Å². The smallest absolute Gasteiger partial charge is 0.273 e. The molecule has 0 saturated heterocycles. The highest BCUT2D eigenvalue weighted by Crippen LogP contribution is 2.37. The molecule has 0 N–H and O–H groups in total. The van der Waals surface area contributed by atoms with Gasteiger partial charge in [0, 0.05) is 5.39 Å². The number of carbonyl (C=O) groups is 1. The van der Waals surface area contributed by atoms with E-state index in [1.165, 1.54) is 0 Å². The van der Waals surface area contributed by atoms with Gasteiger partial charge in [0.15, 0.2) is 5.69 Å². The van der Waals surface area contributed by atoms with Gasteiger partial charge in [-0.05, 0) is 30.5 Å². The van der Waals surface area contributed by atoms with Gasteiger partial charge in [-0.15, -0.1) is 0 Å². The van der Waals surface area contributed by atoms with Crippen molar-refractivity contribution in [2.24, 2.45) is 0 Å². The normalized spacial score (nSPS) is 15.8. The second-order valence-electron chi connectivity index (χ2n) is 3.82. The van der Waals surface area contributed by atoms with Crippen molar-refractivity contribution < 1.29 is 4.79 Å². The molecule has 1 heterocycles. The zero-order valence-corrected chi connectivity index (χ0v) is 8.74. The first-order valence-corrected chi connectivity index (χ1v) is 5.32. The molecule has 0 radical (unpaired) electrons. The summed E-state index contributed by atoms with van der Waals surface area (Å²) >= 11 is 5.51. The highest BCUT2D eigenvalue weighted by molar-refractivity contribution is 6.68. The summed E-state index contributed by atoms with van der Waals surface area (Å²) in [6, 6.07) is 8.16. The molecule has 1 aliphatic rings. The predicted molar refractivity (Wildman–Crippen MR) is 58.2 cm³/mol. The highest BCUT2D eigenvalue weighted by Gasteiger charge is 2.28. The van der Waals surface area contributed by atoms with E-state index in [1.807, 2.05) is 28.9 Å². The molecule has 0 unspecified atom stereocenters. The SMILES string of the molecule is O=C(Cl)c1nn(C2CC2)c2ccccc12. The van der Waals surface area contributed by atoms with Gasteiger partial charge in [-0.1, -0.05) is 18.2 Å². The Balaban J connectivity index is 2.32. The van der Waals surface area contributed by atoms with Gasteiger partial charge in [0.05, 0.1) is 11.6 Å². The van der Waals surface area contributed by atoms with E-state index in [0.717, 1.165) is 23.7 Å². The third kappa shape index (κ3) is 1.35. The first-order chi connectivity index (χ1) is 7.27. The van der Waals surface area contributed by atoms with Crippen LogP contribution in [0.2, 0.25) is 0 Å². The zero-order valence-electron chi connectivity index (χ0n) is 7.98. The molecule has 0 amide bonds. The number of halogens is 1. The van der Waals surface area contributed by atoms with Gasteiger partial charge in [0.2, 0.25) is 0 Å². The number of benzene rings is 1. The predicted octanol–water partition coefficient (Wildman–Crippen LogP) is 2.75. The lowest BCUT2D eigenvalue weighted by atomic mass is 10.2. The molecule has 3 rings (SSSR count). The summed E-state index contributed by atoms with van der Waals surface area (Å²) < 4.78 is 1.92. The van der Waals surface area contributed by atoms with Crippen molar-refractivity contribution in [3.63, 3.8) is 0 Å². The third-order valence-electron chi connectivity index (χ3n) is 2.69. The van der Waals surface area contributed by atoms with Gasteiger partial charge in [0.1, 0.15) is 0 Å². The van der Waals surface area contributed by atoms with Crippen LogP contribution in [-0.2, 0) is 0 Å². The van der Waals surface area contributed by atoms with Crippen LogP contribution in [0.5, 0.6) is 0 Å². The Hall–Kier alpha value is -1.35. The van der Waals surface area contributed by atoms with Crippen molar-refractivity contribution in [3.8, 4) is 0 Å². The van der Waals surface area contributed by atoms with Gasteiger partial charge < -0.3 is 0 Å². The maximum Gasteiger partial charge on any atom is 0.273 e. The molecule has 1 aliphatic carbocycles. The van der Waals surface area contributed by atoms with Crippen LogP contribution in [0.1, 0.15) is 29.4 Å². The van der Waals surface area contributed by atoms with Crippen LogP contribution in [-0.4, -0.2) is 15.0 Å². The van der Waals surface area contributed by atoms with Crippen LogP contribution in [0, 0.1) is 0 Å². The molecular weight excluding hydrogens is 212 g/mol. The lowest BCUT2D eigenvalue weighted by Crippen LogP contribution is -1.98. The monoisotopic (exact) mass is 220 g/mol. The van der Waals surface area contributed by atoms with E-state index in [1.54, 1.807) is 0 Å². The van der Waals surface area contributed by atoms with E-state index in [4.69, 9.17) is 11.6 Å². The molecule has 2 aromatic rings. The summed E-state index contributed by atoms with van der Waals surface area (Å²) in [7, 11) is 0. The van der Waals surface area contributed by atoms with Gasteiger partial charge in [0.25, 0.3) is 5.24 Å². The van der Waals surface area contributed by atoms with Crippen molar-refractivity contribution in [2.75, 3.05) is 0 Å². The number of aromatic nitrogens is 2. The Labute approximate surface area is 91.6 Å². The summed E-state index contributed by atoms with van der Waals surface area (Å²) in [4.78, 5) is 11.2. The average Bonchev–Trinajstić information content (AvgIpc) is 2.99. The first kappa shape index (κ1) is 8.92. The molecule has 0 bridgehead atoms. The Kier molecular flexibility index (Phi) is 1.83. The first-order valence-electron chi connectivity index (χ1n) is 4.94. The number of hydrogen-bond acceptors (Lipinski definition) is 2. The van der Waals surface area contributed by atoms with Gasteiger partial charge in [-0.25, -0.2) is 0 Å². The molecule has 1 aromatic heterocycles. The number of para-hydroxylation sites is 1. The van der Waals surface area contributed by atoms with Gasteiger partial charge in [-0.2, -0.15) is 5.10 Å². The lowest BCUT2D eigenvalue weighted by molar-refractivity contribution is 0.107. The van der Waals surface area contributed by atoms with Crippen molar-refractivity contribution in [3.05, 3.63) is 30.0 Å². The molecule has 1 saturated carbocycles. The Morgan fingerprint density at radius 3 is 2.80 bits per heavy atom. The number of carbonyl (C=O) groups excluding carboxylic acids is 1. The van der Waals surface area contributed by atoms with E-state index < -0.39 is 5.24 Å². The molecule has 1 fully saturated rings. The van der Waals surface area contributed by atoms with Gasteiger partial charge in [-0.3, -0.25) is 9.48 Å². The second-order valence-corrected chi connectivity index (χ2v) is 4.16. The van der Waals surface area contributed by atoms with Crippen molar-refractivity contribution in [1.29, 1.82) is 0 Å². The van der Waals surface area contributed by atoms with Crippen LogP contribution < -0.4 is 0 Å². The van der Waals surface area contributed by atoms with Crippen LogP contribution in [0.4, 0.5) is 0 Å². The molecule has 76 valence electrons. The summed E-state index contributed by atoms with van der Waals surface area (Å²) in [5.74, 6) is 0. The van der Waals surface area contributed by atoms with Crippen molar-refractivity contribution in [1.82, 2.24) is 9.78 Å². The van der Waals surface area contributed by atoms with Crippen molar-refractivity contribution in [2.45, 2.75) is 18.9 Å². The number of fused-ring (bicyclic) bond motifs is 1. The van der Waals surface area contributed by atoms with Gasteiger partial charge >= 0.3 is 0 Å². The highest BCUT2D eigenvalue weighted by atomic mass is 35.5. The molecule has 4 heteroatoms. The van der Waals surface area contributed by atoms with Crippen LogP contribution >= 0.6 is 11.6 Å². The minimum absolute atomic E-state index is 0.374. The van der Waals surface area contributed by atoms with Crippen LogP contribution in [0.15, 0.2) is 24.3 Å². The molecule has 15 heavy (non-hydrogen) atoms. The summed E-state index contributed by atoms with van der Waals surface area (Å²) in [6.45, 7) is 0. The number of rotatable bonds is 2. The third-order valence-corrected chi connectivity index (χ3v) is 2.87. The van der Waals surface area contributed by atoms with E-state index >= 15 is 0 Å². The second kappa shape index (κ2) is 3.07. The fourth-order valence-corrected chi connectivity index (χ4v) is 1.97. The topological polar surface area (TPSA) is 34.9 Å². The van der Waals surface area contributed by atoms with Crippen LogP contribution in [0.25, 0.3) is 10.9 Å². The van der Waals surface area contributed by atoms with Crippen molar-refractivity contribution >= 4 is 27.7 Å². The molecular formula is C11H9ClN2O. The molecule has 0 aliphatic heterocycles. The fraction of sp³-hybridized carbons (Fsp3) is 0.273. The molecule has 0 spiro atoms. The van der Waals surface area contributed by atoms with Crippen LogP contribution in [0.3, 0.4) is 0 Å². The Morgan fingerprint density at radius 2 is 2.13 bits per heavy atom. The Morgan fingerprint density at radius 1 is 1.40 bits per heavy atom. The maximum absolute atomic E-state index is 11.2. The molecule has 0 atom stereocenters. The number of hydrogen-bond donors (Lipinski definition) is 0. The minimum atomic E-state index is -0.481. The standard InChI is InChI=1S/C11H9ClN2O/c12-11(15)10-8-3-1-2-4-9(8)14(13-10)7-5-6-7/h1-4,7H,5-6H2. The average molecular weight is 221 g/mol. The van der Waals surface area contributed by atoms with E-state index in [2.05, 4.69) is 5.10 Å². The zero-order chi connectivity index (χ0) is 10.4. The molecule has 3 nitrogen and oxygen atoms in total. The fourth-order valence-electron chi connectivity index (χ4n) is 1.83. The number of nitrogens with zero attached hydrogens (tertiary/aromatic N) is 2. The quantitative estimate of drug-likeness (QED) is 0.730. The Bertz CT molecular complexity index is 543. The lowest BCUT2D eigenvalue weighted by Gasteiger charge is -1.97. The summed E-state index contributed by atoms with van der Waals surface area (Å²) in [5, 5.41) is 4.66. The largest absolute Gasteiger partial charge is 0.274 e. The van der Waals surface area contributed by atoms with E-state index in [9.17, 15) is 4.79 Å². The molecule has 1 aromatic carbocycles. The maximum atomic E-state index is 11.2. The minimum Gasteiger partial charge on any atom is -0.274 e. The van der Waals surface area contributed by atoms with E-state index in [-0.39, 0.29) is 0 Å². The summed E-state index contributed by atoms with van der Waals surface area (Å²) in [6.07, 6.45) is 2.28. The summed E-state index contributed by atoms with van der Waals surface area (Å²) in [5.41, 5.74) is 1.38.